The number of hydrogen-bond donors (Lipinski definition) is 1. The van der Waals surface area contributed by atoms with E-state index in [-0.39, 0.29) is 18.2 Å². The van der Waals surface area contributed by atoms with E-state index in [1.54, 1.807) is 6.92 Å². The number of amides is 1. The average Bonchev–Trinajstić information content (AvgIpc) is 3.28. The largest absolute Gasteiger partial charge is 0.488 e. The maximum absolute atomic E-state index is 12.9. The molecule has 2 aromatic heterocycles. The van der Waals surface area contributed by atoms with Gasteiger partial charge in [-0.15, -0.1) is 0 Å². The summed E-state index contributed by atoms with van der Waals surface area (Å²) in [5, 5.41) is 11.4. The number of rotatable bonds is 7. The molecule has 0 bridgehead atoms. The van der Waals surface area contributed by atoms with Crippen LogP contribution in [-0.4, -0.2) is 20.8 Å². The number of nitrogens with zero attached hydrogens (tertiary/aromatic N) is 3. The van der Waals surface area contributed by atoms with Gasteiger partial charge >= 0.3 is 0 Å². The van der Waals surface area contributed by atoms with Gasteiger partial charge in [0.25, 0.3) is 5.91 Å². The zero-order chi connectivity index (χ0) is 22.7. The fourth-order valence-electron chi connectivity index (χ4n) is 3.55. The number of anilines is 1. The Morgan fingerprint density at radius 3 is 2.62 bits per heavy atom. The maximum Gasteiger partial charge on any atom is 0.278 e. The quantitative estimate of drug-likeness (QED) is 0.447. The topological polar surface area (TPSA) is 82.2 Å². The van der Waals surface area contributed by atoms with Crippen molar-refractivity contribution in [2.75, 3.05) is 5.32 Å². The molecule has 0 atom stereocenters. The molecule has 2 aromatic carbocycles. The Morgan fingerprint density at radius 2 is 1.88 bits per heavy atom. The van der Waals surface area contributed by atoms with Crippen LogP contribution in [0.4, 0.5) is 5.69 Å². The fraction of sp³-hybridized carbons (Fsp3) is 0.240. The lowest BCUT2D eigenvalue weighted by Crippen LogP contribution is -2.16. The normalized spacial score (nSPS) is 10.9. The third-order valence-corrected chi connectivity index (χ3v) is 5.29. The summed E-state index contributed by atoms with van der Waals surface area (Å²) in [6, 6.07) is 17.5. The number of carbonyl (C=O) groups is 1. The second kappa shape index (κ2) is 9.09. The van der Waals surface area contributed by atoms with Gasteiger partial charge in [0.15, 0.2) is 5.69 Å². The van der Waals surface area contributed by atoms with Crippen LogP contribution in [0.15, 0.2) is 59.1 Å². The fourth-order valence-corrected chi connectivity index (χ4v) is 3.55. The number of aryl methyl sites for hydroxylation is 4. The van der Waals surface area contributed by atoms with Gasteiger partial charge in [-0.2, -0.15) is 5.10 Å². The lowest BCUT2D eigenvalue weighted by molar-refractivity contribution is 0.101. The molecular formula is C25H26N4O3. The van der Waals surface area contributed by atoms with Gasteiger partial charge in [0, 0.05) is 11.4 Å². The number of carbonyl (C=O) groups excluding carboxylic acids is 1. The number of para-hydroxylation sites is 1. The first kappa shape index (κ1) is 21.4. The molecule has 0 radical (unpaired) electrons. The summed E-state index contributed by atoms with van der Waals surface area (Å²) in [7, 11) is 0. The number of nitrogens with one attached hydrogen (secondary N) is 1. The molecule has 0 unspecified atom stereocenters. The Labute approximate surface area is 187 Å². The van der Waals surface area contributed by atoms with Crippen LogP contribution in [0.2, 0.25) is 0 Å². The minimum Gasteiger partial charge on any atom is -0.488 e. The molecule has 0 aliphatic rings. The standard InChI is InChI=1S/C25H26N4O3/c1-16-8-5-6-11-23(16)31-15-22-19(4)32-28-24(22)25(30)26-21-10-7-9-20(13-21)14-29-18(3)12-17(2)27-29/h5-13H,14-15H2,1-4H3,(H,26,30). The second-order valence-electron chi connectivity index (χ2n) is 7.86. The number of hydrogen-bond acceptors (Lipinski definition) is 5. The van der Waals surface area contributed by atoms with Gasteiger partial charge in [-0.25, -0.2) is 0 Å². The van der Waals surface area contributed by atoms with Gasteiger partial charge in [0.1, 0.15) is 18.1 Å². The van der Waals surface area contributed by atoms with Crippen LogP contribution in [0.3, 0.4) is 0 Å². The van der Waals surface area contributed by atoms with E-state index in [4.69, 9.17) is 9.26 Å². The van der Waals surface area contributed by atoms with Gasteiger partial charge in [-0.05, 0) is 63.1 Å². The molecule has 4 rings (SSSR count). The van der Waals surface area contributed by atoms with Gasteiger partial charge in [-0.1, -0.05) is 35.5 Å². The predicted octanol–water partition coefficient (Wildman–Crippen LogP) is 4.98. The summed E-state index contributed by atoms with van der Waals surface area (Å²) in [5.74, 6) is 0.979. The molecule has 4 aromatic rings. The Hall–Kier alpha value is -3.87. The Kier molecular flexibility index (Phi) is 6.07. The molecule has 1 amide bonds. The van der Waals surface area contributed by atoms with Crippen molar-refractivity contribution in [3.05, 3.63) is 94.1 Å². The monoisotopic (exact) mass is 430 g/mol. The van der Waals surface area contributed by atoms with Crippen molar-refractivity contribution in [3.63, 3.8) is 0 Å². The second-order valence-corrected chi connectivity index (χ2v) is 7.86. The van der Waals surface area contributed by atoms with Crippen LogP contribution < -0.4 is 10.1 Å². The molecule has 32 heavy (non-hydrogen) atoms. The highest BCUT2D eigenvalue weighted by Crippen LogP contribution is 2.22. The number of ether oxygens (including phenoxy) is 1. The number of aromatic nitrogens is 3. The van der Waals surface area contributed by atoms with E-state index in [2.05, 4.69) is 15.6 Å². The van der Waals surface area contributed by atoms with E-state index < -0.39 is 0 Å². The molecule has 0 fully saturated rings. The average molecular weight is 431 g/mol. The van der Waals surface area contributed by atoms with E-state index >= 15 is 0 Å². The molecule has 0 saturated heterocycles. The van der Waals surface area contributed by atoms with E-state index in [1.807, 2.05) is 80.1 Å². The third-order valence-electron chi connectivity index (χ3n) is 5.29. The van der Waals surface area contributed by atoms with Gasteiger partial charge < -0.3 is 14.6 Å². The van der Waals surface area contributed by atoms with Crippen molar-refractivity contribution in [1.82, 2.24) is 14.9 Å². The van der Waals surface area contributed by atoms with E-state index in [0.29, 0.717) is 23.6 Å². The first-order valence-corrected chi connectivity index (χ1v) is 10.5. The highest BCUT2D eigenvalue weighted by Gasteiger charge is 2.21. The zero-order valence-corrected chi connectivity index (χ0v) is 18.7. The van der Waals surface area contributed by atoms with Crippen molar-refractivity contribution in [1.29, 1.82) is 0 Å². The van der Waals surface area contributed by atoms with Crippen LogP contribution in [0.5, 0.6) is 5.75 Å². The van der Waals surface area contributed by atoms with Crippen molar-refractivity contribution >= 4 is 11.6 Å². The van der Waals surface area contributed by atoms with Gasteiger partial charge in [0.2, 0.25) is 0 Å². The third kappa shape index (κ3) is 4.72. The van der Waals surface area contributed by atoms with Crippen LogP contribution in [-0.2, 0) is 13.2 Å². The smallest absolute Gasteiger partial charge is 0.278 e. The minimum atomic E-state index is -0.339. The Bertz CT molecular complexity index is 1260. The predicted molar refractivity (Wildman–Crippen MR) is 122 cm³/mol. The molecule has 0 aliphatic carbocycles. The number of benzene rings is 2. The summed E-state index contributed by atoms with van der Waals surface area (Å²) < 4.78 is 13.1. The van der Waals surface area contributed by atoms with Crippen LogP contribution in [0, 0.1) is 27.7 Å². The molecule has 2 heterocycles. The summed E-state index contributed by atoms with van der Waals surface area (Å²) in [4.78, 5) is 12.9. The first-order valence-electron chi connectivity index (χ1n) is 10.5. The summed E-state index contributed by atoms with van der Waals surface area (Å²) in [6.07, 6.45) is 0. The van der Waals surface area contributed by atoms with Crippen molar-refractivity contribution in [3.8, 4) is 5.75 Å². The summed E-state index contributed by atoms with van der Waals surface area (Å²) in [5.41, 5.74) is 5.66. The highest BCUT2D eigenvalue weighted by atomic mass is 16.5. The molecule has 0 spiro atoms. The minimum absolute atomic E-state index is 0.195. The van der Waals surface area contributed by atoms with Crippen molar-refractivity contribution in [2.45, 2.75) is 40.8 Å². The molecule has 7 heteroatoms. The van der Waals surface area contributed by atoms with E-state index in [0.717, 1.165) is 28.3 Å². The molecule has 7 nitrogen and oxygen atoms in total. The highest BCUT2D eigenvalue weighted by molar-refractivity contribution is 6.03. The molecule has 1 N–H and O–H groups in total. The molecule has 0 aliphatic heterocycles. The van der Waals surface area contributed by atoms with Crippen molar-refractivity contribution in [2.24, 2.45) is 0 Å². The zero-order valence-electron chi connectivity index (χ0n) is 18.7. The van der Waals surface area contributed by atoms with Crippen LogP contribution in [0.25, 0.3) is 0 Å². The Balaban J connectivity index is 1.47. The first-order chi connectivity index (χ1) is 15.4. The lowest BCUT2D eigenvalue weighted by atomic mass is 10.1. The summed E-state index contributed by atoms with van der Waals surface area (Å²) in [6.45, 7) is 8.57. The maximum atomic E-state index is 12.9. The molecule has 0 saturated carbocycles. The van der Waals surface area contributed by atoms with Crippen molar-refractivity contribution < 1.29 is 14.1 Å². The van der Waals surface area contributed by atoms with Crippen LogP contribution >= 0.6 is 0 Å². The SMILES string of the molecule is Cc1cc(C)n(Cc2cccc(NC(=O)c3noc(C)c3COc3ccccc3C)c2)n1. The van der Waals surface area contributed by atoms with E-state index in [9.17, 15) is 4.79 Å². The van der Waals surface area contributed by atoms with Crippen LogP contribution in [0.1, 0.15) is 44.3 Å². The van der Waals surface area contributed by atoms with Gasteiger partial charge in [0.05, 0.1) is 17.8 Å². The Morgan fingerprint density at radius 1 is 1.06 bits per heavy atom. The molecule has 164 valence electrons. The van der Waals surface area contributed by atoms with Gasteiger partial charge in [-0.3, -0.25) is 9.48 Å². The lowest BCUT2D eigenvalue weighted by Gasteiger charge is -2.10. The summed E-state index contributed by atoms with van der Waals surface area (Å²) >= 11 is 0. The van der Waals surface area contributed by atoms with E-state index in [1.165, 1.54) is 0 Å². The molecular weight excluding hydrogens is 404 g/mol.